The Morgan fingerprint density at radius 2 is 1.64 bits per heavy atom. The van der Waals surface area contributed by atoms with Crippen molar-refractivity contribution in [1.29, 1.82) is 0 Å². The van der Waals surface area contributed by atoms with Gasteiger partial charge >= 0.3 is 5.97 Å². The van der Waals surface area contributed by atoms with E-state index in [0.29, 0.717) is 6.42 Å². The van der Waals surface area contributed by atoms with Crippen LogP contribution in [0.5, 0.6) is 5.75 Å². The maximum absolute atomic E-state index is 10.9. The quantitative estimate of drug-likeness (QED) is 0.527. The highest BCUT2D eigenvalue weighted by Gasteiger charge is 2.15. The normalized spacial score (nSPS) is 12.1. The third-order valence-corrected chi connectivity index (χ3v) is 5.22. The van der Waals surface area contributed by atoms with Gasteiger partial charge in [-0.3, -0.25) is 4.79 Å². The number of carboxylic acids is 1. The van der Waals surface area contributed by atoms with Crippen molar-refractivity contribution in [2.24, 2.45) is 5.73 Å². The average Bonchev–Trinajstić information content (AvgIpc) is 2.44. The van der Waals surface area contributed by atoms with Gasteiger partial charge in [0.15, 0.2) is 0 Å². The van der Waals surface area contributed by atoms with Gasteiger partial charge in [0, 0.05) is 7.14 Å². The van der Waals surface area contributed by atoms with Crippen LogP contribution in [0.4, 0.5) is 0 Å². The smallest absolute Gasteiger partial charge is 0.320 e. The van der Waals surface area contributed by atoms with Crippen molar-refractivity contribution in [2.45, 2.75) is 18.9 Å². The van der Waals surface area contributed by atoms with E-state index >= 15 is 0 Å². The zero-order valence-corrected chi connectivity index (χ0v) is 15.9. The molecule has 0 saturated heterocycles. The molecular weight excluding hydrogens is 508 g/mol. The maximum atomic E-state index is 10.9. The van der Waals surface area contributed by atoms with Gasteiger partial charge in [0.25, 0.3) is 0 Å². The Morgan fingerprint density at radius 1 is 1.09 bits per heavy atom. The summed E-state index contributed by atoms with van der Waals surface area (Å²) in [6.45, 7) is 0. The second-order valence-corrected chi connectivity index (χ2v) is 7.35. The van der Waals surface area contributed by atoms with E-state index in [2.05, 4.69) is 45.2 Å². The summed E-state index contributed by atoms with van der Waals surface area (Å²) < 4.78 is 2.18. The van der Waals surface area contributed by atoms with Gasteiger partial charge in [0.2, 0.25) is 0 Å². The van der Waals surface area contributed by atoms with Gasteiger partial charge in [-0.2, -0.15) is 0 Å². The van der Waals surface area contributed by atoms with E-state index in [1.165, 1.54) is 5.56 Å². The molecule has 0 aromatic heterocycles. The molecule has 6 heteroatoms. The summed E-state index contributed by atoms with van der Waals surface area (Å²) in [5, 5.41) is 18.2. The van der Waals surface area contributed by atoms with Crippen molar-refractivity contribution in [1.82, 2.24) is 0 Å². The van der Waals surface area contributed by atoms with Gasteiger partial charge < -0.3 is 15.9 Å². The van der Waals surface area contributed by atoms with E-state index in [4.69, 9.17) is 10.8 Å². The van der Waals surface area contributed by atoms with E-state index in [1.807, 2.05) is 24.3 Å². The minimum Gasteiger partial charge on any atom is -0.508 e. The van der Waals surface area contributed by atoms with Crippen LogP contribution in [0.25, 0.3) is 0 Å². The number of halogens is 2. The molecule has 0 amide bonds. The highest BCUT2D eigenvalue weighted by atomic mass is 127. The number of aromatic hydroxyl groups is 1. The summed E-state index contributed by atoms with van der Waals surface area (Å²) in [6, 6.07) is 10.2. The summed E-state index contributed by atoms with van der Waals surface area (Å²) in [4.78, 5) is 10.9. The van der Waals surface area contributed by atoms with E-state index < -0.39 is 12.0 Å². The molecule has 0 bridgehead atoms. The van der Waals surface area contributed by atoms with Crippen LogP contribution in [0.2, 0.25) is 0 Å². The van der Waals surface area contributed by atoms with Crippen LogP contribution >= 0.6 is 45.2 Å². The van der Waals surface area contributed by atoms with Crippen LogP contribution in [-0.4, -0.2) is 22.2 Å². The van der Waals surface area contributed by atoms with Gasteiger partial charge in [-0.15, -0.1) is 0 Å². The highest BCUT2D eigenvalue weighted by Crippen LogP contribution is 2.25. The molecule has 0 aliphatic heterocycles. The average molecular weight is 523 g/mol. The number of phenols is 1. The monoisotopic (exact) mass is 523 g/mol. The Labute approximate surface area is 156 Å². The third kappa shape index (κ3) is 4.56. The molecule has 0 radical (unpaired) electrons. The lowest BCUT2D eigenvalue weighted by Gasteiger charge is -2.12. The van der Waals surface area contributed by atoms with Crippen molar-refractivity contribution in [2.75, 3.05) is 0 Å². The van der Waals surface area contributed by atoms with Crippen LogP contribution in [0.3, 0.4) is 0 Å². The molecule has 0 spiro atoms. The zero-order valence-electron chi connectivity index (χ0n) is 11.6. The first-order chi connectivity index (χ1) is 10.4. The fourth-order valence-corrected chi connectivity index (χ4v) is 4.38. The predicted octanol–water partition coefficient (Wildman–Crippen LogP) is 3.15. The number of nitrogens with two attached hydrogens (primary N) is 1. The molecule has 2 aromatic carbocycles. The molecule has 1 atom stereocenters. The minimum atomic E-state index is -0.988. The van der Waals surface area contributed by atoms with E-state index in [0.717, 1.165) is 24.7 Å². The molecule has 0 fully saturated rings. The largest absolute Gasteiger partial charge is 0.508 e. The number of benzene rings is 2. The Bertz CT molecular complexity index is 663. The second-order valence-electron chi connectivity index (χ2n) is 5.03. The van der Waals surface area contributed by atoms with Crippen molar-refractivity contribution in [3.8, 4) is 5.75 Å². The molecule has 0 aliphatic rings. The zero-order chi connectivity index (χ0) is 16.3. The first-order valence-corrected chi connectivity index (χ1v) is 8.75. The fourth-order valence-electron chi connectivity index (χ4n) is 2.10. The van der Waals surface area contributed by atoms with Gasteiger partial charge in [0.05, 0.1) is 0 Å². The van der Waals surface area contributed by atoms with Crippen molar-refractivity contribution >= 4 is 51.2 Å². The minimum absolute atomic E-state index is 0.256. The first kappa shape index (κ1) is 17.5. The molecule has 4 N–H and O–H groups in total. The Kier molecular flexibility index (Phi) is 6.04. The molecular formula is C16H15I2NO3. The Hall–Kier alpha value is -0.870. The topological polar surface area (TPSA) is 83.5 Å². The SMILES string of the molecule is N[C@@H](Cc1cc(I)c(Cc2ccc(O)cc2)c(I)c1)C(=O)O. The molecule has 22 heavy (non-hydrogen) atoms. The van der Waals surface area contributed by atoms with E-state index in [9.17, 15) is 9.90 Å². The van der Waals surface area contributed by atoms with Gasteiger partial charge in [-0.05, 0) is 99.0 Å². The van der Waals surface area contributed by atoms with Crippen molar-refractivity contribution in [3.05, 3.63) is 60.2 Å². The standard InChI is InChI=1S/C16H15I2NO3/c17-13-6-10(8-15(19)16(21)22)7-14(18)12(13)5-9-1-3-11(20)4-2-9/h1-4,6-7,15,20H,5,8,19H2,(H,21,22)/t15-/m0/s1. The van der Waals surface area contributed by atoms with E-state index in [-0.39, 0.29) is 5.75 Å². The Balaban J connectivity index is 2.23. The fraction of sp³-hybridized carbons (Fsp3) is 0.188. The number of hydrogen-bond donors (Lipinski definition) is 3. The van der Waals surface area contributed by atoms with E-state index in [1.54, 1.807) is 12.1 Å². The van der Waals surface area contributed by atoms with Crippen LogP contribution in [-0.2, 0) is 17.6 Å². The molecule has 0 heterocycles. The number of carboxylic acid groups (broad SMARTS) is 1. The Morgan fingerprint density at radius 3 is 2.14 bits per heavy atom. The lowest BCUT2D eigenvalue weighted by molar-refractivity contribution is -0.138. The first-order valence-electron chi connectivity index (χ1n) is 6.60. The molecule has 2 aromatic rings. The molecule has 4 nitrogen and oxygen atoms in total. The summed E-state index contributed by atoms with van der Waals surface area (Å²) in [5.74, 6) is -0.732. The van der Waals surface area contributed by atoms with Crippen molar-refractivity contribution < 1.29 is 15.0 Å². The number of hydrogen-bond acceptors (Lipinski definition) is 3. The molecule has 2 rings (SSSR count). The summed E-state index contributed by atoms with van der Waals surface area (Å²) in [7, 11) is 0. The molecule has 0 aliphatic carbocycles. The lowest BCUT2D eigenvalue weighted by Crippen LogP contribution is -2.32. The lowest BCUT2D eigenvalue weighted by atomic mass is 10.0. The molecule has 116 valence electrons. The molecule has 0 saturated carbocycles. The van der Waals surface area contributed by atoms with Crippen LogP contribution in [0, 0.1) is 7.14 Å². The number of aliphatic carboxylic acids is 1. The van der Waals surface area contributed by atoms with Gasteiger partial charge in [0.1, 0.15) is 11.8 Å². The van der Waals surface area contributed by atoms with Crippen LogP contribution in [0.1, 0.15) is 16.7 Å². The number of rotatable bonds is 5. The number of phenolic OH excluding ortho intramolecular Hbond substituents is 1. The van der Waals surface area contributed by atoms with Gasteiger partial charge in [-0.1, -0.05) is 12.1 Å². The summed E-state index contributed by atoms with van der Waals surface area (Å²) in [5.41, 5.74) is 8.83. The maximum Gasteiger partial charge on any atom is 0.320 e. The van der Waals surface area contributed by atoms with Crippen LogP contribution < -0.4 is 5.73 Å². The highest BCUT2D eigenvalue weighted by molar-refractivity contribution is 14.1. The molecule has 0 unspecified atom stereocenters. The second kappa shape index (κ2) is 7.60. The third-order valence-electron chi connectivity index (χ3n) is 3.29. The summed E-state index contributed by atoms with van der Waals surface area (Å²) >= 11 is 4.53. The van der Waals surface area contributed by atoms with Crippen molar-refractivity contribution in [3.63, 3.8) is 0 Å². The summed E-state index contributed by atoms with van der Waals surface area (Å²) in [6.07, 6.45) is 1.09. The van der Waals surface area contributed by atoms with Crippen LogP contribution in [0.15, 0.2) is 36.4 Å². The predicted molar refractivity (Wildman–Crippen MR) is 102 cm³/mol. The van der Waals surface area contributed by atoms with Gasteiger partial charge in [-0.25, -0.2) is 0 Å². The number of carbonyl (C=O) groups is 1.